The molecule has 0 atom stereocenters. The average Bonchev–Trinajstić information content (AvgIpc) is 2.82. The second-order valence-electron chi connectivity index (χ2n) is 4.52. The molecule has 6 heteroatoms. The van der Waals surface area contributed by atoms with Gasteiger partial charge in [0, 0.05) is 24.5 Å². The molecule has 0 bridgehead atoms. The van der Waals surface area contributed by atoms with Crippen LogP contribution in [0.2, 0.25) is 0 Å². The van der Waals surface area contributed by atoms with E-state index in [2.05, 4.69) is 12.2 Å². The Hall–Kier alpha value is -0.430. The molecule has 2 heterocycles. The number of sulfonamides is 1. The average molecular weight is 288 g/mol. The highest BCUT2D eigenvalue weighted by molar-refractivity contribution is 7.89. The Labute approximate surface area is 113 Å². The molecule has 0 spiro atoms. The molecule has 1 N–H and O–H groups in total. The summed E-state index contributed by atoms with van der Waals surface area (Å²) >= 11 is 1.73. The molecule has 0 amide bonds. The number of hydrogen-bond donors (Lipinski definition) is 1. The molecule has 0 fully saturated rings. The van der Waals surface area contributed by atoms with Gasteiger partial charge in [-0.3, -0.25) is 0 Å². The zero-order valence-corrected chi connectivity index (χ0v) is 12.3. The second-order valence-corrected chi connectivity index (χ2v) is 7.61. The molecule has 0 saturated carbocycles. The lowest BCUT2D eigenvalue weighted by Crippen LogP contribution is -2.39. The maximum atomic E-state index is 12.2. The van der Waals surface area contributed by atoms with E-state index in [0.29, 0.717) is 19.6 Å². The van der Waals surface area contributed by atoms with Gasteiger partial charge in [-0.15, -0.1) is 11.3 Å². The Morgan fingerprint density at radius 1 is 1.44 bits per heavy atom. The van der Waals surface area contributed by atoms with Gasteiger partial charge in [-0.2, -0.15) is 4.31 Å². The summed E-state index contributed by atoms with van der Waals surface area (Å²) in [7, 11) is -3.11. The summed E-state index contributed by atoms with van der Waals surface area (Å²) in [6, 6.07) is 2.04. The number of rotatable bonds is 6. The van der Waals surface area contributed by atoms with Crippen LogP contribution >= 0.6 is 11.3 Å². The third kappa shape index (κ3) is 3.32. The summed E-state index contributed by atoms with van der Waals surface area (Å²) in [5.41, 5.74) is 1.18. The summed E-state index contributed by atoms with van der Waals surface area (Å²) in [6.45, 7) is 4.68. The number of fused-ring (bicyclic) bond motifs is 1. The van der Waals surface area contributed by atoms with E-state index in [1.165, 1.54) is 10.4 Å². The van der Waals surface area contributed by atoms with Crippen LogP contribution in [0.25, 0.3) is 0 Å². The van der Waals surface area contributed by atoms with Crippen molar-refractivity contribution in [2.75, 3.05) is 25.4 Å². The minimum absolute atomic E-state index is 0.201. The van der Waals surface area contributed by atoms with Gasteiger partial charge in [0.1, 0.15) is 0 Å². The smallest absolute Gasteiger partial charge is 0.215 e. The quantitative estimate of drug-likeness (QED) is 0.806. The van der Waals surface area contributed by atoms with E-state index in [0.717, 1.165) is 19.4 Å². The predicted molar refractivity (Wildman–Crippen MR) is 75.4 cm³/mol. The maximum absolute atomic E-state index is 12.2. The van der Waals surface area contributed by atoms with Gasteiger partial charge in [-0.05, 0) is 36.4 Å². The second kappa shape index (κ2) is 6.14. The van der Waals surface area contributed by atoms with Crippen molar-refractivity contribution in [3.63, 3.8) is 0 Å². The molecule has 1 aromatic heterocycles. The van der Waals surface area contributed by atoms with Gasteiger partial charge in [0.15, 0.2) is 0 Å². The van der Waals surface area contributed by atoms with Crippen molar-refractivity contribution in [1.82, 2.24) is 9.62 Å². The summed E-state index contributed by atoms with van der Waals surface area (Å²) in [4.78, 5) is 1.34. The van der Waals surface area contributed by atoms with E-state index in [-0.39, 0.29) is 5.75 Å². The Kier molecular flexibility index (Phi) is 4.77. The van der Waals surface area contributed by atoms with Crippen LogP contribution in [0.15, 0.2) is 11.4 Å². The van der Waals surface area contributed by atoms with E-state index < -0.39 is 10.0 Å². The third-order valence-electron chi connectivity index (χ3n) is 3.13. The largest absolute Gasteiger partial charge is 0.316 e. The zero-order chi connectivity index (χ0) is 13.0. The van der Waals surface area contributed by atoms with E-state index >= 15 is 0 Å². The Morgan fingerprint density at radius 3 is 3.06 bits per heavy atom. The van der Waals surface area contributed by atoms with Crippen LogP contribution in [-0.4, -0.2) is 38.1 Å². The van der Waals surface area contributed by atoms with E-state index in [1.54, 1.807) is 15.6 Å². The van der Waals surface area contributed by atoms with Crippen molar-refractivity contribution >= 4 is 21.4 Å². The van der Waals surface area contributed by atoms with Crippen LogP contribution in [0.4, 0.5) is 0 Å². The number of thiophene rings is 1. The molecule has 4 nitrogen and oxygen atoms in total. The highest BCUT2D eigenvalue weighted by Gasteiger charge is 2.26. The van der Waals surface area contributed by atoms with Gasteiger partial charge in [-0.25, -0.2) is 8.42 Å². The van der Waals surface area contributed by atoms with Crippen molar-refractivity contribution in [3.8, 4) is 0 Å². The molecule has 0 radical (unpaired) electrons. The van der Waals surface area contributed by atoms with Crippen LogP contribution in [0.5, 0.6) is 0 Å². The van der Waals surface area contributed by atoms with Gasteiger partial charge in [0.2, 0.25) is 10.0 Å². The van der Waals surface area contributed by atoms with Gasteiger partial charge in [-0.1, -0.05) is 6.92 Å². The minimum atomic E-state index is -3.11. The van der Waals surface area contributed by atoms with Crippen molar-refractivity contribution in [1.29, 1.82) is 0 Å². The lowest BCUT2D eigenvalue weighted by molar-refractivity contribution is 0.393. The lowest BCUT2D eigenvalue weighted by Gasteiger charge is -2.26. The standard InChI is InChI=1S/C12H20N2O2S2/c1-2-5-13-6-9-18(15,16)14-7-3-12-11(10-14)4-8-17-12/h4,8,13H,2-3,5-7,9-10H2,1H3. The van der Waals surface area contributed by atoms with Crippen LogP contribution in [0.1, 0.15) is 23.8 Å². The third-order valence-corrected chi connectivity index (χ3v) is 5.97. The molecular weight excluding hydrogens is 268 g/mol. The Morgan fingerprint density at radius 2 is 2.28 bits per heavy atom. The van der Waals surface area contributed by atoms with Crippen LogP contribution in [0, 0.1) is 0 Å². The molecule has 1 aromatic rings. The fourth-order valence-corrected chi connectivity index (χ4v) is 4.35. The highest BCUT2D eigenvalue weighted by atomic mass is 32.2. The molecule has 0 aliphatic carbocycles. The first-order chi connectivity index (χ1) is 8.63. The molecule has 18 heavy (non-hydrogen) atoms. The molecule has 1 aliphatic heterocycles. The molecule has 0 unspecified atom stereocenters. The molecule has 102 valence electrons. The van der Waals surface area contributed by atoms with Crippen LogP contribution in [-0.2, 0) is 23.0 Å². The normalized spacial score (nSPS) is 16.7. The monoisotopic (exact) mass is 288 g/mol. The first kappa shape index (κ1) is 14.0. The number of nitrogens with zero attached hydrogens (tertiary/aromatic N) is 1. The molecule has 0 saturated heterocycles. The van der Waals surface area contributed by atoms with Crippen molar-refractivity contribution in [2.45, 2.75) is 26.3 Å². The fraction of sp³-hybridized carbons (Fsp3) is 0.667. The lowest BCUT2D eigenvalue weighted by atomic mass is 10.1. The van der Waals surface area contributed by atoms with Crippen molar-refractivity contribution < 1.29 is 8.42 Å². The van der Waals surface area contributed by atoms with Gasteiger partial charge >= 0.3 is 0 Å². The summed E-state index contributed by atoms with van der Waals surface area (Å²) < 4.78 is 26.0. The molecular formula is C12H20N2O2S2. The maximum Gasteiger partial charge on any atom is 0.215 e. The molecule has 2 rings (SSSR count). The summed E-state index contributed by atoms with van der Waals surface area (Å²) in [5.74, 6) is 0.201. The first-order valence-electron chi connectivity index (χ1n) is 6.37. The fourth-order valence-electron chi connectivity index (χ4n) is 2.09. The van der Waals surface area contributed by atoms with Gasteiger partial charge in [0.05, 0.1) is 5.75 Å². The summed E-state index contributed by atoms with van der Waals surface area (Å²) in [6.07, 6.45) is 1.89. The summed E-state index contributed by atoms with van der Waals surface area (Å²) in [5, 5.41) is 5.19. The zero-order valence-electron chi connectivity index (χ0n) is 10.7. The van der Waals surface area contributed by atoms with Crippen molar-refractivity contribution in [2.24, 2.45) is 0 Å². The van der Waals surface area contributed by atoms with Gasteiger partial charge < -0.3 is 5.32 Å². The minimum Gasteiger partial charge on any atom is -0.316 e. The van der Waals surface area contributed by atoms with Crippen LogP contribution < -0.4 is 5.32 Å². The Bertz CT molecular complexity index is 482. The van der Waals surface area contributed by atoms with E-state index in [9.17, 15) is 8.42 Å². The first-order valence-corrected chi connectivity index (χ1v) is 8.86. The van der Waals surface area contributed by atoms with Gasteiger partial charge in [0.25, 0.3) is 0 Å². The molecule has 0 aromatic carbocycles. The molecule has 1 aliphatic rings. The SMILES string of the molecule is CCCNCCS(=O)(=O)N1CCc2sccc2C1. The Balaban J connectivity index is 1.91. The topological polar surface area (TPSA) is 49.4 Å². The predicted octanol–water partition coefficient (Wildman–Crippen LogP) is 1.44. The van der Waals surface area contributed by atoms with E-state index in [1.807, 2.05) is 11.4 Å². The number of nitrogens with one attached hydrogen (secondary N) is 1. The van der Waals surface area contributed by atoms with Crippen LogP contribution in [0.3, 0.4) is 0 Å². The van der Waals surface area contributed by atoms with Crippen molar-refractivity contribution in [3.05, 3.63) is 21.9 Å². The highest BCUT2D eigenvalue weighted by Crippen LogP contribution is 2.25. The van der Waals surface area contributed by atoms with E-state index in [4.69, 9.17) is 0 Å². The number of hydrogen-bond acceptors (Lipinski definition) is 4.